The summed E-state index contributed by atoms with van der Waals surface area (Å²) in [4.78, 5) is 13.6. The second kappa shape index (κ2) is 4.89. The quantitative estimate of drug-likeness (QED) is 0.879. The van der Waals surface area contributed by atoms with Crippen LogP contribution in [0.25, 0.3) is 0 Å². The van der Waals surface area contributed by atoms with Crippen molar-refractivity contribution in [3.8, 4) is 0 Å². The van der Waals surface area contributed by atoms with Crippen molar-refractivity contribution in [3.63, 3.8) is 0 Å². The van der Waals surface area contributed by atoms with Crippen molar-refractivity contribution in [3.05, 3.63) is 23.1 Å². The van der Waals surface area contributed by atoms with Crippen LogP contribution in [0.1, 0.15) is 23.2 Å². The number of carbonyl (C=O) groups is 1. The first kappa shape index (κ1) is 11.5. The standard InChI is InChI=1S/C11H15ClN2O2/c1-14(7-8-3-2-5-13-8)11(15)9-4-6-16-10(9)12/h4,6,8,13H,2-3,5,7H2,1H3. The Morgan fingerprint density at radius 1 is 1.75 bits per heavy atom. The van der Waals surface area contributed by atoms with Gasteiger partial charge in [0.15, 0.2) is 0 Å². The van der Waals surface area contributed by atoms with E-state index >= 15 is 0 Å². The number of amides is 1. The van der Waals surface area contributed by atoms with Crippen molar-refractivity contribution in [2.45, 2.75) is 18.9 Å². The van der Waals surface area contributed by atoms with E-state index in [1.165, 1.54) is 12.7 Å². The number of hydrogen-bond donors (Lipinski definition) is 1. The van der Waals surface area contributed by atoms with Crippen molar-refractivity contribution < 1.29 is 9.21 Å². The molecule has 16 heavy (non-hydrogen) atoms. The monoisotopic (exact) mass is 242 g/mol. The number of likely N-dealkylation sites (N-methyl/N-ethyl adjacent to an activating group) is 1. The Morgan fingerprint density at radius 3 is 3.12 bits per heavy atom. The van der Waals surface area contributed by atoms with Crippen molar-refractivity contribution in [2.75, 3.05) is 20.1 Å². The zero-order valence-electron chi connectivity index (χ0n) is 9.20. The van der Waals surface area contributed by atoms with Gasteiger partial charge in [0.2, 0.25) is 5.22 Å². The third-order valence-electron chi connectivity index (χ3n) is 2.85. The molecule has 1 aromatic rings. The van der Waals surface area contributed by atoms with Gasteiger partial charge in [0.1, 0.15) is 0 Å². The van der Waals surface area contributed by atoms with Gasteiger partial charge in [0.05, 0.1) is 11.8 Å². The van der Waals surface area contributed by atoms with E-state index in [4.69, 9.17) is 16.0 Å². The lowest BCUT2D eigenvalue weighted by molar-refractivity contribution is 0.0783. The molecular formula is C11H15ClN2O2. The van der Waals surface area contributed by atoms with Gasteiger partial charge in [0.25, 0.3) is 5.91 Å². The molecule has 0 radical (unpaired) electrons. The Morgan fingerprint density at radius 2 is 2.56 bits per heavy atom. The van der Waals surface area contributed by atoms with E-state index < -0.39 is 0 Å². The lowest BCUT2D eigenvalue weighted by Crippen LogP contribution is -2.38. The number of hydrogen-bond acceptors (Lipinski definition) is 3. The smallest absolute Gasteiger partial charge is 0.258 e. The largest absolute Gasteiger partial charge is 0.452 e. The number of furan rings is 1. The van der Waals surface area contributed by atoms with Crippen molar-refractivity contribution >= 4 is 17.5 Å². The van der Waals surface area contributed by atoms with Crippen molar-refractivity contribution in [2.24, 2.45) is 0 Å². The summed E-state index contributed by atoms with van der Waals surface area (Å²) < 4.78 is 4.91. The van der Waals surface area contributed by atoms with Crippen LogP contribution in [0.15, 0.2) is 16.7 Å². The lowest BCUT2D eigenvalue weighted by atomic mass is 10.2. The number of nitrogens with zero attached hydrogens (tertiary/aromatic N) is 1. The van der Waals surface area contributed by atoms with Crippen LogP contribution in [0.3, 0.4) is 0 Å². The highest BCUT2D eigenvalue weighted by atomic mass is 35.5. The van der Waals surface area contributed by atoms with Crippen LogP contribution in [0.5, 0.6) is 0 Å². The fourth-order valence-electron chi connectivity index (χ4n) is 1.98. The summed E-state index contributed by atoms with van der Waals surface area (Å²) in [6.07, 6.45) is 3.73. The second-order valence-electron chi connectivity index (χ2n) is 4.09. The molecule has 2 rings (SSSR count). The zero-order chi connectivity index (χ0) is 11.5. The summed E-state index contributed by atoms with van der Waals surface area (Å²) in [6, 6.07) is 2.00. The number of carbonyl (C=O) groups excluding carboxylic acids is 1. The molecule has 1 saturated heterocycles. The maximum absolute atomic E-state index is 12.0. The Kier molecular flexibility index (Phi) is 3.51. The summed E-state index contributed by atoms with van der Waals surface area (Å²) >= 11 is 5.77. The summed E-state index contributed by atoms with van der Waals surface area (Å²) in [7, 11) is 1.78. The Hall–Kier alpha value is -1.00. The van der Waals surface area contributed by atoms with E-state index in [-0.39, 0.29) is 11.1 Å². The number of rotatable bonds is 3. The molecule has 1 fully saturated rings. The Balaban J connectivity index is 1.96. The van der Waals surface area contributed by atoms with Gasteiger partial charge in [-0.3, -0.25) is 4.79 Å². The highest BCUT2D eigenvalue weighted by molar-refractivity contribution is 6.32. The number of nitrogens with one attached hydrogen (secondary N) is 1. The van der Waals surface area contributed by atoms with Gasteiger partial charge < -0.3 is 14.6 Å². The number of halogens is 1. The molecule has 2 heterocycles. The molecule has 0 aliphatic carbocycles. The highest BCUT2D eigenvalue weighted by Crippen LogP contribution is 2.18. The third-order valence-corrected chi connectivity index (χ3v) is 3.14. The predicted octanol–water partition coefficient (Wildman–Crippen LogP) is 1.76. The first-order valence-corrected chi connectivity index (χ1v) is 5.78. The molecule has 0 saturated carbocycles. The minimum absolute atomic E-state index is 0.0903. The van der Waals surface area contributed by atoms with E-state index in [0.717, 1.165) is 13.0 Å². The van der Waals surface area contributed by atoms with E-state index in [1.54, 1.807) is 18.0 Å². The second-order valence-corrected chi connectivity index (χ2v) is 4.43. The molecule has 5 heteroatoms. The summed E-state index contributed by atoms with van der Waals surface area (Å²) in [5.74, 6) is -0.0903. The van der Waals surface area contributed by atoms with Gasteiger partial charge in [-0.2, -0.15) is 0 Å². The summed E-state index contributed by atoms with van der Waals surface area (Å²) in [6.45, 7) is 1.75. The molecule has 1 amide bonds. The molecular weight excluding hydrogens is 228 g/mol. The third kappa shape index (κ3) is 2.39. The maximum Gasteiger partial charge on any atom is 0.258 e. The topological polar surface area (TPSA) is 45.5 Å². The van der Waals surface area contributed by atoms with E-state index in [1.807, 2.05) is 0 Å². The van der Waals surface area contributed by atoms with Crippen LogP contribution in [-0.4, -0.2) is 37.0 Å². The Labute approximate surface area is 99.5 Å². The summed E-state index contributed by atoms with van der Waals surface area (Å²) in [5.41, 5.74) is 0.433. The zero-order valence-corrected chi connectivity index (χ0v) is 9.96. The van der Waals surface area contributed by atoms with Crippen LogP contribution in [0, 0.1) is 0 Å². The van der Waals surface area contributed by atoms with Crippen LogP contribution in [-0.2, 0) is 0 Å². The van der Waals surface area contributed by atoms with Crippen LogP contribution in [0.2, 0.25) is 5.22 Å². The first-order valence-electron chi connectivity index (χ1n) is 5.40. The van der Waals surface area contributed by atoms with Gasteiger partial charge in [-0.05, 0) is 37.1 Å². The minimum atomic E-state index is -0.0903. The lowest BCUT2D eigenvalue weighted by Gasteiger charge is -2.20. The van der Waals surface area contributed by atoms with Crippen LogP contribution in [0.4, 0.5) is 0 Å². The molecule has 1 unspecified atom stereocenters. The van der Waals surface area contributed by atoms with Gasteiger partial charge in [-0.25, -0.2) is 0 Å². The fourth-order valence-corrected chi connectivity index (χ4v) is 2.17. The molecule has 1 aromatic heterocycles. The minimum Gasteiger partial charge on any atom is -0.452 e. The molecule has 0 aromatic carbocycles. The van der Waals surface area contributed by atoms with Gasteiger partial charge >= 0.3 is 0 Å². The van der Waals surface area contributed by atoms with Crippen LogP contribution >= 0.6 is 11.6 Å². The first-order chi connectivity index (χ1) is 7.68. The normalized spacial score (nSPS) is 20.0. The predicted molar refractivity (Wildman–Crippen MR) is 61.7 cm³/mol. The van der Waals surface area contributed by atoms with Crippen LogP contribution < -0.4 is 5.32 Å². The molecule has 1 aliphatic heterocycles. The molecule has 1 aliphatic rings. The fraction of sp³-hybridized carbons (Fsp3) is 0.545. The molecule has 0 bridgehead atoms. The Bertz CT molecular complexity index is 372. The summed E-state index contributed by atoms with van der Waals surface area (Å²) in [5, 5.41) is 3.52. The molecule has 1 N–H and O–H groups in total. The van der Waals surface area contributed by atoms with Gasteiger partial charge in [-0.15, -0.1) is 0 Å². The SMILES string of the molecule is CN(CC1CCCN1)C(=O)c1ccoc1Cl. The van der Waals surface area contributed by atoms with E-state index in [0.29, 0.717) is 18.2 Å². The highest BCUT2D eigenvalue weighted by Gasteiger charge is 2.21. The maximum atomic E-state index is 12.0. The average molecular weight is 243 g/mol. The molecule has 1 atom stereocenters. The molecule has 88 valence electrons. The van der Waals surface area contributed by atoms with E-state index in [2.05, 4.69) is 5.32 Å². The molecule has 0 spiro atoms. The van der Waals surface area contributed by atoms with Crippen molar-refractivity contribution in [1.82, 2.24) is 10.2 Å². The van der Waals surface area contributed by atoms with Crippen molar-refractivity contribution in [1.29, 1.82) is 0 Å². The van der Waals surface area contributed by atoms with E-state index in [9.17, 15) is 4.79 Å². The molecule has 4 nitrogen and oxygen atoms in total. The average Bonchev–Trinajstić information content (AvgIpc) is 2.88. The van der Waals surface area contributed by atoms with Gasteiger partial charge in [0, 0.05) is 19.6 Å². The van der Waals surface area contributed by atoms with Gasteiger partial charge in [-0.1, -0.05) is 0 Å².